The van der Waals surface area contributed by atoms with Gasteiger partial charge in [0, 0.05) is 11.4 Å². The van der Waals surface area contributed by atoms with E-state index < -0.39 is 0 Å². The Hall–Kier alpha value is -3.05. The fourth-order valence-corrected chi connectivity index (χ4v) is 2.76. The number of thiocarbonyl (C=S) groups is 1. The summed E-state index contributed by atoms with van der Waals surface area (Å²) >= 11 is 5.37. The van der Waals surface area contributed by atoms with Crippen LogP contribution in [0.25, 0.3) is 0 Å². The molecule has 0 saturated carbocycles. The Morgan fingerprint density at radius 3 is 2.04 bits per heavy atom. The molecule has 0 saturated heterocycles. The van der Waals surface area contributed by atoms with E-state index in [1.165, 1.54) is 5.56 Å². The molecule has 4 nitrogen and oxygen atoms in total. The number of rotatable bonds is 6. The van der Waals surface area contributed by atoms with Gasteiger partial charge in [0.05, 0.1) is 6.61 Å². The van der Waals surface area contributed by atoms with Crippen LogP contribution in [0.4, 0.5) is 11.4 Å². The van der Waals surface area contributed by atoms with E-state index in [0.29, 0.717) is 11.7 Å². The predicted octanol–water partition coefficient (Wildman–Crippen LogP) is 5.99. The molecule has 0 atom stereocenters. The third-order valence-corrected chi connectivity index (χ3v) is 3.96. The lowest BCUT2D eigenvalue weighted by Crippen LogP contribution is -2.18. The summed E-state index contributed by atoms with van der Waals surface area (Å²) in [4.78, 5) is 0. The summed E-state index contributed by atoms with van der Waals surface area (Å²) in [6, 6.07) is 23.3. The highest BCUT2D eigenvalue weighted by atomic mass is 32.1. The van der Waals surface area contributed by atoms with E-state index in [2.05, 4.69) is 10.6 Å². The van der Waals surface area contributed by atoms with Gasteiger partial charge in [-0.2, -0.15) is 0 Å². The van der Waals surface area contributed by atoms with Crippen LogP contribution >= 0.6 is 12.2 Å². The van der Waals surface area contributed by atoms with Gasteiger partial charge in [-0.25, -0.2) is 0 Å². The van der Waals surface area contributed by atoms with Crippen molar-refractivity contribution in [1.82, 2.24) is 0 Å². The van der Waals surface area contributed by atoms with Gasteiger partial charge in [-0.15, -0.1) is 0 Å². The van der Waals surface area contributed by atoms with Gasteiger partial charge in [0.15, 0.2) is 5.11 Å². The highest BCUT2D eigenvalue weighted by molar-refractivity contribution is 7.80. The second kappa shape index (κ2) is 9.05. The molecule has 0 fully saturated rings. The van der Waals surface area contributed by atoms with E-state index in [4.69, 9.17) is 21.7 Å². The lowest BCUT2D eigenvalue weighted by Gasteiger charge is -2.12. The van der Waals surface area contributed by atoms with E-state index in [9.17, 15) is 0 Å². The van der Waals surface area contributed by atoms with Crippen LogP contribution in [0.3, 0.4) is 0 Å². The number of hydrogen-bond acceptors (Lipinski definition) is 3. The number of hydrogen-bond donors (Lipinski definition) is 2. The van der Waals surface area contributed by atoms with Crippen molar-refractivity contribution < 1.29 is 9.47 Å². The zero-order chi connectivity index (χ0) is 19.1. The molecule has 0 bridgehead atoms. The van der Waals surface area contributed by atoms with Crippen molar-refractivity contribution in [3.05, 3.63) is 78.4 Å². The zero-order valence-electron chi connectivity index (χ0n) is 15.4. The molecular formula is C22H22N2O2S. The van der Waals surface area contributed by atoms with Crippen LogP contribution in [-0.2, 0) is 0 Å². The average molecular weight is 378 g/mol. The van der Waals surface area contributed by atoms with Crippen molar-refractivity contribution in [1.29, 1.82) is 0 Å². The second-order valence-electron chi connectivity index (χ2n) is 5.98. The molecule has 27 heavy (non-hydrogen) atoms. The maximum absolute atomic E-state index is 5.85. The number of nitrogens with one attached hydrogen (secondary N) is 2. The molecule has 3 aromatic rings. The molecule has 0 heterocycles. The molecule has 0 aliphatic rings. The average Bonchev–Trinajstić information content (AvgIpc) is 2.65. The molecule has 5 heteroatoms. The lowest BCUT2D eigenvalue weighted by atomic mass is 10.2. The summed E-state index contributed by atoms with van der Waals surface area (Å²) in [5, 5.41) is 6.89. The topological polar surface area (TPSA) is 42.5 Å². The smallest absolute Gasteiger partial charge is 0.175 e. The standard InChI is InChI=1S/C22H22N2O2S/c1-3-25-19-11-13-21(14-12-19)26-20-9-7-17(8-10-20)23-22(27)24-18-6-4-5-16(2)15-18/h4-15H,3H2,1-2H3,(H2,23,24,27). The summed E-state index contributed by atoms with van der Waals surface area (Å²) in [6.07, 6.45) is 0. The summed E-state index contributed by atoms with van der Waals surface area (Å²) in [6.45, 7) is 4.65. The minimum atomic E-state index is 0.542. The molecule has 3 rings (SSSR count). The Balaban J connectivity index is 1.55. The summed E-state index contributed by atoms with van der Waals surface area (Å²) in [7, 11) is 0. The molecule has 0 amide bonds. The normalized spacial score (nSPS) is 10.1. The Morgan fingerprint density at radius 1 is 0.815 bits per heavy atom. The first-order chi connectivity index (χ1) is 13.1. The molecule has 0 aromatic heterocycles. The Bertz CT molecular complexity index is 893. The minimum Gasteiger partial charge on any atom is -0.494 e. The third kappa shape index (κ3) is 5.72. The number of ether oxygens (including phenoxy) is 2. The van der Waals surface area contributed by atoms with Crippen LogP contribution in [0.5, 0.6) is 17.2 Å². The quantitative estimate of drug-likeness (QED) is 0.515. The Morgan fingerprint density at radius 2 is 1.41 bits per heavy atom. The maximum atomic E-state index is 5.85. The monoisotopic (exact) mass is 378 g/mol. The molecule has 0 aliphatic heterocycles. The predicted molar refractivity (Wildman–Crippen MR) is 115 cm³/mol. The van der Waals surface area contributed by atoms with Crippen molar-refractivity contribution >= 4 is 28.7 Å². The first-order valence-electron chi connectivity index (χ1n) is 8.78. The van der Waals surface area contributed by atoms with Crippen molar-refractivity contribution in [3.63, 3.8) is 0 Å². The Kier molecular flexibility index (Phi) is 6.28. The van der Waals surface area contributed by atoms with E-state index in [1.807, 2.05) is 86.6 Å². The largest absolute Gasteiger partial charge is 0.494 e. The van der Waals surface area contributed by atoms with E-state index in [-0.39, 0.29) is 0 Å². The van der Waals surface area contributed by atoms with Gasteiger partial charge in [-0.3, -0.25) is 0 Å². The molecule has 3 aromatic carbocycles. The number of aryl methyl sites for hydroxylation is 1. The van der Waals surface area contributed by atoms with Crippen LogP contribution in [0.15, 0.2) is 72.8 Å². The van der Waals surface area contributed by atoms with Crippen molar-refractivity contribution in [2.24, 2.45) is 0 Å². The third-order valence-electron chi connectivity index (χ3n) is 3.76. The van der Waals surface area contributed by atoms with E-state index >= 15 is 0 Å². The van der Waals surface area contributed by atoms with Gasteiger partial charge in [0.2, 0.25) is 0 Å². The highest BCUT2D eigenvalue weighted by Gasteiger charge is 2.02. The SMILES string of the molecule is CCOc1ccc(Oc2ccc(NC(=S)Nc3cccc(C)c3)cc2)cc1. The van der Waals surface area contributed by atoms with Crippen LogP contribution in [-0.4, -0.2) is 11.7 Å². The van der Waals surface area contributed by atoms with Gasteiger partial charge in [-0.05, 0) is 92.3 Å². The summed E-state index contributed by atoms with van der Waals surface area (Å²) < 4.78 is 11.3. The van der Waals surface area contributed by atoms with Crippen molar-refractivity contribution in [2.75, 3.05) is 17.2 Å². The van der Waals surface area contributed by atoms with Gasteiger partial charge in [0.25, 0.3) is 0 Å². The molecule has 0 spiro atoms. The first-order valence-corrected chi connectivity index (χ1v) is 9.18. The zero-order valence-corrected chi connectivity index (χ0v) is 16.2. The number of benzene rings is 3. The molecule has 2 N–H and O–H groups in total. The van der Waals surface area contributed by atoms with Crippen LogP contribution in [0.2, 0.25) is 0 Å². The summed E-state index contributed by atoms with van der Waals surface area (Å²) in [5.41, 5.74) is 3.03. The van der Waals surface area contributed by atoms with Gasteiger partial charge < -0.3 is 20.1 Å². The maximum Gasteiger partial charge on any atom is 0.175 e. The lowest BCUT2D eigenvalue weighted by molar-refractivity contribution is 0.339. The van der Waals surface area contributed by atoms with E-state index in [1.54, 1.807) is 0 Å². The van der Waals surface area contributed by atoms with Crippen molar-refractivity contribution in [3.8, 4) is 17.2 Å². The minimum absolute atomic E-state index is 0.542. The van der Waals surface area contributed by atoms with Crippen LogP contribution in [0, 0.1) is 6.92 Å². The first kappa shape index (κ1) is 18.7. The second-order valence-corrected chi connectivity index (χ2v) is 6.39. The van der Waals surface area contributed by atoms with Gasteiger partial charge in [-0.1, -0.05) is 12.1 Å². The van der Waals surface area contributed by atoms with E-state index in [0.717, 1.165) is 28.6 Å². The van der Waals surface area contributed by atoms with Crippen LogP contribution in [0.1, 0.15) is 12.5 Å². The van der Waals surface area contributed by atoms with Gasteiger partial charge >= 0.3 is 0 Å². The summed E-state index contributed by atoms with van der Waals surface area (Å²) in [5.74, 6) is 2.34. The molecule has 0 aliphatic carbocycles. The highest BCUT2D eigenvalue weighted by Crippen LogP contribution is 2.25. The van der Waals surface area contributed by atoms with Crippen molar-refractivity contribution in [2.45, 2.75) is 13.8 Å². The fraction of sp³-hybridized carbons (Fsp3) is 0.136. The number of anilines is 2. The molecule has 0 radical (unpaired) electrons. The van der Waals surface area contributed by atoms with Crippen LogP contribution < -0.4 is 20.1 Å². The van der Waals surface area contributed by atoms with Gasteiger partial charge in [0.1, 0.15) is 17.2 Å². The molecular weight excluding hydrogens is 356 g/mol. The molecule has 0 unspecified atom stereocenters. The Labute approximate surface area is 165 Å². The molecule has 138 valence electrons. The fourth-order valence-electron chi connectivity index (χ4n) is 2.53.